The molecule has 206 valence electrons. The van der Waals surface area contributed by atoms with Crippen molar-refractivity contribution in [2.75, 3.05) is 29.4 Å². The lowest BCUT2D eigenvalue weighted by molar-refractivity contribution is -0.274. The Hall–Kier alpha value is -3.44. The minimum Gasteiger partial charge on any atom is -0.406 e. The molecule has 1 aliphatic heterocycles. The number of fused-ring (bicyclic) bond motifs is 1. The first-order valence-electron chi connectivity index (χ1n) is 12.4. The molecule has 0 unspecified atom stereocenters. The van der Waals surface area contributed by atoms with Gasteiger partial charge in [-0.25, -0.2) is 4.98 Å². The Bertz CT molecular complexity index is 1500. The molecule has 1 fully saturated rings. The molecule has 0 spiro atoms. The van der Waals surface area contributed by atoms with Crippen molar-refractivity contribution in [3.05, 3.63) is 75.5 Å². The van der Waals surface area contributed by atoms with E-state index in [2.05, 4.69) is 31.8 Å². The molecule has 12 heteroatoms. The van der Waals surface area contributed by atoms with E-state index in [9.17, 15) is 18.0 Å². The molecule has 0 bridgehead atoms. The molecular formula is C27H27ClF3N5O2S. The van der Waals surface area contributed by atoms with Crippen LogP contribution in [0.2, 0.25) is 5.02 Å². The number of ether oxygens (including phenoxy) is 1. The van der Waals surface area contributed by atoms with Crippen LogP contribution >= 0.6 is 22.9 Å². The van der Waals surface area contributed by atoms with Crippen LogP contribution in [0.15, 0.2) is 48.7 Å². The van der Waals surface area contributed by atoms with Gasteiger partial charge in [0.25, 0.3) is 5.91 Å². The third-order valence-electron chi connectivity index (χ3n) is 6.67. The summed E-state index contributed by atoms with van der Waals surface area (Å²) in [6, 6.07) is 11.8. The van der Waals surface area contributed by atoms with Crippen LogP contribution in [0.5, 0.6) is 5.75 Å². The molecule has 3 heterocycles. The highest BCUT2D eigenvalue weighted by molar-refractivity contribution is 7.17. The highest BCUT2D eigenvalue weighted by Gasteiger charge is 2.31. The van der Waals surface area contributed by atoms with E-state index in [0.717, 1.165) is 26.8 Å². The monoisotopic (exact) mass is 577 g/mol. The van der Waals surface area contributed by atoms with Gasteiger partial charge in [-0.1, -0.05) is 17.7 Å². The number of imidazole rings is 1. The largest absolute Gasteiger partial charge is 0.573 e. The Balaban J connectivity index is 1.20. The van der Waals surface area contributed by atoms with Crippen molar-refractivity contribution < 1.29 is 22.7 Å². The van der Waals surface area contributed by atoms with E-state index in [4.69, 9.17) is 11.6 Å². The number of rotatable bonds is 6. The maximum absolute atomic E-state index is 12.9. The van der Waals surface area contributed by atoms with Gasteiger partial charge in [-0.2, -0.15) is 0 Å². The second kappa shape index (κ2) is 10.6. The number of anilines is 2. The first kappa shape index (κ1) is 27.1. The molecule has 1 amide bonds. The molecule has 2 aromatic heterocycles. The van der Waals surface area contributed by atoms with Gasteiger partial charge in [0, 0.05) is 49.0 Å². The summed E-state index contributed by atoms with van der Waals surface area (Å²) < 4.78 is 43.2. The Morgan fingerprint density at radius 3 is 2.59 bits per heavy atom. The lowest BCUT2D eigenvalue weighted by Crippen LogP contribution is -2.52. The Kier molecular flexibility index (Phi) is 7.39. The topological polar surface area (TPSA) is 62.1 Å². The van der Waals surface area contributed by atoms with E-state index in [1.54, 1.807) is 23.5 Å². The fraction of sp³-hybridized carbons (Fsp3) is 0.333. The van der Waals surface area contributed by atoms with E-state index in [1.807, 2.05) is 42.6 Å². The smallest absolute Gasteiger partial charge is 0.406 e. The van der Waals surface area contributed by atoms with Gasteiger partial charge in [0.2, 0.25) is 0 Å². The zero-order valence-electron chi connectivity index (χ0n) is 21.6. The molecule has 0 radical (unpaired) electrons. The molecule has 0 aliphatic carbocycles. The molecular weight excluding hydrogens is 551 g/mol. The number of carbonyl (C=O) groups excluding carboxylic acids is 1. The number of amides is 1. The van der Waals surface area contributed by atoms with Crippen LogP contribution in [0.1, 0.15) is 33.5 Å². The average molecular weight is 578 g/mol. The van der Waals surface area contributed by atoms with Crippen molar-refractivity contribution in [1.29, 1.82) is 0 Å². The van der Waals surface area contributed by atoms with E-state index < -0.39 is 6.36 Å². The van der Waals surface area contributed by atoms with Crippen LogP contribution in [-0.2, 0) is 6.54 Å². The second-order valence-corrected chi connectivity index (χ2v) is 11.2. The molecule has 1 N–H and O–H groups in total. The molecule has 1 aliphatic rings. The fourth-order valence-electron chi connectivity index (χ4n) is 4.92. The SMILES string of the molecule is Cc1cn2c(C(=O)NCc3ccc(N4CCN(c5ccc(OC(F)(F)F)cc5)[C@@H](C)C4)c(Cl)c3)c(C)nc2s1. The normalized spacial score (nSPS) is 16.1. The summed E-state index contributed by atoms with van der Waals surface area (Å²) in [5, 5.41) is 3.56. The Morgan fingerprint density at radius 1 is 1.18 bits per heavy atom. The maximum Gasteiger partial charge on any atom is 0.573 e. The number of thiazole rings is 1. The maximum atomic E-state index is 12.9. The summed E-state index contributed by atoms with van der Waals surface area (Å²) >= 11 is 8.21. The molecule has 5 rings (SSSR count). The summed E-state index contributed by atoms with van der Waals surface area (Å²) in [6.07, 6.45) is -2.80. The summed E-state index contributed by atoms with van der Waals surface area (Å²) in [4.78, 5) is 23.6. The van der Waals surface area contributed by atoms with Crippen LogP contribution in [-0.4, -0.2) is 47.3 Å². The first-order chi connectivity index (χ1) is 18.5. The number of halogens is 4. The van der Waals surface area contributed by atoms with Crippen molar-refractivity contribution >= 4 is 45.2 Å². The number of piperazine rings is 1. The highest BCUT2D eigenvalue weighted by atomic mass is 35.5. The quantitative estimate of drug-likeness (QED) is 0.295. The zero-order chi connectivity index (χ0) is 27.9. The van der Waals surface area contributed by atoms with Gasteiger partial charge in [-0.15, -0.1) is 24.5 Å². The van der Waals surface area contributed by atoms with Crippen molar-refractivity contribution in [2.45, 2.75) is 39.7 Å². The number of aromatic nitrogens is 2. The third-order valence-corrected chi connectivity index (χ3v) is 7.87. The van der Waals surface area contributed by atoms with Crippen LogP contribution < -0.4 is 19.9 Å². The summed E-state index contributed by atoms with van der Waals surface area (Å²) in [5.41, 5.74) is 3.83. The number of hydrogen-bond acceptors (Lipinski definition) is 6. The molecule has 7 nitrogen and oxygen atoms in total. The first-order valence-corrected chi connectivity index (χ1v) is 13.6. The molecule has 0 saturated carbocycles. The summed E-state index contributed by atoms with van der Waals surface area (Å²) in [5.74, 6) is -0.434. The molecule has 2 aromatic carbocycles. The highest BCUT2D eigenvalue weighted by Crippen LogP contribution is 2.32. The summed E-state index contributed by atoms with van der Waals surface area (Å²) in [7, 11) is 0. The molecule has 1 saturated heterocycles. The molecule has 39 heavy (non-hydrogen) atoms. The predicted octanol–water partition coefficient (Wildman–Crippen LogP) is 6.21. The fourth-order valence-corrected chi connectivity index (χ4v) is 6.11. The predicted molar refractivity (Wildman–Crippen MR) is 147 cm³/mol. The minimum absolute atomic E-state index is 0.0969. The van der Waals surface area contributed by atoms with Crippen LogP contribution in [0.25, 0.3) is 4.96 Å². The number of hydrogen-bond donors (Lipinski definition) is 1. The van der Waals surface area contributed by atoms with Crippen molar-refractivity contribution in [3.8, 4) is 5.75 Å². The van der Waals surface area contributed by atoms with Gasteiger partial charge in [0.15, 0.2) is 4.96 Å². The van der Waals surface area contributed by atoms with E-state index in [-0.39, 0.29) is 17.7 Å². The number of nitrogens with one attached hydrogen (secondary N) is 1. The number of aryl methyl sites for hydroxylation is 2. The van der Waals surface area contributed by atoms with Gasteiger partial charge in [0.1, 0.15) is 11.4 Å². The van der Waals surface area contributed by atoms with Gasteiger partial charge >= 0.3 is 6.36 Å². The Morgan fingerprint density at radius 2 is 1.92 bits per heavy atom. The lowest BCUT2D eigenvalue weighted by atomic mass is 10.1. The molecule has 4 aromatic rings. The number of benzene rings is 2. The van der Waals surface area contributed by atoms with Crippen LogP contribution in [0, 0.1) is 13.8 Å². The third kappa shape index (κ3) is 5.94. The number of carbonyl (C=O) groups is 1. The van der Waals surface area contributed by atoms with E-state index in [0.29, 0.717) is 42.6 Å². The Labute approximate surface area is 232 Å². The standard InChI is InChI=1S/C27H27ClF3N5O2S/c1-16-14-34(10-11-35(16)20-5-7-21(8-6-20)38-27(29,30)31)23-9-4-19(12-22(23)28)13-32-25(37)24-18(3)33-26-36(24)15-17(2)39-26/h4-9,12,15-16H,10-11,13-14H2,1-3H3,(H,32,37)/t16-/m0/s1. The second-order valence-electron chi connectivity index (χ2n) is 9.54. The van der Waals surface area contributed by atoms with Crippen molar-refractivity contribution in [3.63, 3.8) is 0 Å². The van der Waals surface area contributed by atoms with Gasteiger partial charge in [-0.05, 0) is 62.7 Å². The van der Waals surface area contributed by atoms with Crippen LogP contribution in [0.3, 0.4) is 0 Å². The summed E-state index contributed by atoms with van der Waals surface area (Å²) in [6.45, 7) is 8.25. The zero-order valence-corrected chi connectivity index (χ0v) is 23.1. The van der Waals surface area contributed by atoms with Gasteiger partial charge in [-0.3, -0.25) is 9.20 Å². The van der Waals surface area contributed by atoms with Gasteiger partial charge in [0.05, 0.1) is 16.4 Å². The van der Waals surface area contributed by atoms with E-state index in [1.165, 1.54) is 12.1 Å². The van der Waals surface area contributed by atoms with Gasteiger partial charge < -0.3 is 19.9 Å². The number of nitrogens with zero attached hydrogens (tertiary/aromatic N) is 4. The number of alkyl halides is 3. The minimum atomic E-state index is -4.71. The molecule has 1 atom stereocenters. The van der Waals surface area contributed by atoms with E-state index >= 15 is 0 Å². The lowest BCUT2D eigenvalue weighted by Gasteiger charge is -2.42. The van der Waals surface area contributed by atoms with Crippen LogP contribution in [0.4, 0.5) is 24.5 Å². The van der Waals surface area contributed by atoms with Crippen molar-refractivity contribution in [1.82, 2.24) is 14.7 Å². The average Bonchev–Trinajstić information content (AvgIpc) is 3.36. The van der Waals surface area contributed by atoms with Crippen molar-refractivity contribution in [2.24, 2.45) is 0 Å².